The summed E-state index contributed by atoms with van der Waals surface area (Å²) >= 11 is 0. The van der Waals surface area contributed by atoms with Crippen molar-refractivity contribution in [3.63, 3.8) is 0 Å². The molecule has 43 heavy (non-hydrogen) atoms. The lowest BCUT2D eigenvalue weighted by atomic mass is 9.99. The molecule has 5 rings (SSSR count). The molecule has 3 N–H and O–H groups in total. The van der Waals surface area contributed by atoms with Crippen molar-refractivity contribution in [3.8, 4) is 28.5 Å². The number of hydrogen-bond donors (Lipinski definition) is 3. The molecule has 0 saturated heterocycles. The number of pyridine rings is 1. The number of nitriles is 1. The predicted molar refractivity (Wildman–Crippen MR) is 154 cm³/mol. The van der Waals surface area contributed by atoms with Gasteiger partial charge in [0, 0.05) is 23.7 Å². The summed E-state index contributed by atoms with van der Waals surface area (Å²) in [6.07, 6.45) is -1.48. The van der Waals surface area contributed by atoms with E-state index in [1.807, 2.05) is 14.0 Å². The Bertz CT molecular complexity index is 1670. The molecular weight excluding hydrogens is 566 g/mol. The third-order valence-corrected chi connectivity index (χ3v) is 7.18. The average molecular weight is 596 g/mol. The van der Waals surface area contributed by atoms with Gasteiger partial charge in [0.1, 0.15) is 35.8 Å². The second-order valence-corrected chi connectivity index (χ2v) is 10.2. The van der Waals surface area contributed by atoms with Crippen LogP contribution in [0.3, 0.4) is 0 Å². The number of amides is 1. The molecule has 1 atom stereocenters. The van der Waals surface area contributed by atoms with E-state index in [4.69, 9.17) is 9.68 Å². The number of nitrogens with zero attached hydrogens (tertiary/aromatic N) is 2. The fraction of sp³-hybridized carbons (Fsp3) is 0.290. The number of aromatic nitrogens is 1. The number of fused-ring (bicyclic) bond motifs is 1. The molecule has 1 amide bonds. The highest BCUT2D eigenvalue weighted by Crippen LogP contribution is 2.39. The smallest absolute Gasteiger partial charge is 0.405 e. The van der Waals surface area contributed by atoms with E-state index in [1.165, 1.54) is 56.3 Å². The second kappa shape index (κ2) is 12.6. The van der Waals surface area contributed by atoms with Crippen molar-refractivity contribution in [2.45, 2.75) is 31.5 Å². The zero-order chi connectivity index (χ0) is 31.4. The van der Waals surface area contributed by atoms with Crippen LogP contribution in [-0.4, -0.2) is 49.5 Å². The lowest BCUT2D eigenvalue weighted by Crippen LogP contribution is -2.40. The molecule has 8 nitrogen and oxygen atoms in total. The van der Waals surface area contributed by atoms with Gasteiger partial charge < -0.3 is 20.4 Å². The van der Waals surface area contributed by atoms with E-state index in [2.05, 4.69) is 27.0 Å². The number of rotatable bonds is 8. The molecule has 2 aromatic carbocycles. The molecule has 2 aromatic heterocycles. The van der Waals surface area contributed by atoms with Crippen molar-refractivity contribution in [3.05, 3.63) is 71.5 Å². The zero-order valence-corrected chi connectivity index (χ0v) is 23.6. The standard InChI is InChI=1S/C24H17F4N3O3.C7H12N2/c1-29-22(33)19-18-10-17(15-4-2-3-13(9-15)11-32)21(30-12-24(26,27)28)31-23(18)34-20(19)14-5-7-16(25)8-6-14;1-7(5-8,9-2)6-3-4-6/h2-11H,12H2,1H3,(H,29,33)(H,30,31);6,9H,3-4H2,1-2H3. The van der Waals surface area contributed by atoms with E-state index >= 15 is 0 Å². The largest absolute Gasteiger partial charge is 0.437 e. The summed E-state index contributed by atoms with van der Waals surface area (Å²) in [5.41, 5.74) is 1.09. The number of aldehydes is 1. The van der Waals surface area contributed by atoms with Gasteiger partial charge in [0.25, 0.3) is 5.91 Å². The summed E-state index contributed by atoms with van der Waals surface area (Å²) in [6.45, 7) is 0.602. The van der Waals surface area contributed by atoms with Crippen molar-refractivity contribution < 1.29 is 31.6 Å². The summed E-state index contributed by atoms with van der Waals surface area (Å²) in [4.78, 5) is 28.2. The Labute approximate surface area is 245 Å². The first kappa shape index (κ1) is 31.2. The number of hydrogen-bond acceptors (Lipinski definition) is 7. The first-order valence-corrected chi connectivity index (χ1v) is 13.3. The highest BCUT2D eigenvalue weighted by Gasteiger charge is 2.40. The zero-order valence-electron chi connectivity index (χ0n) is 23.6. The van der Waals surface area contributed by atoms with Crippen molar-refractivity contribution >= 4 is 29.1 Å². The molecule has 0 aliphatic heterocycles. The van der Waals surface area contributed by atoms with Gasteiger partial charge in [-0.1, -0.05) is 18.2 Å². The molecule has 1 fully saturated rings. The first-order chi connectivity index (χ1) is 20.4. The fourth-order valence-corrected chi connectivity index (χ4v) is 4.51. The summed E-state index contributed by atoms with van der Waals surface area (Å²) in [7, 11) is 3.26. The quantitative estimate of drug-likeness (QED) is 0.161. The maximum Gasteiger partial charge on any atom is 0.405 e. The topological polar surface area (TPSA) is 120 Å². The van der Waals surface area contributed by atoms with Crippen LogP contribution in [0.15, 0.2) is 59.0 Å². The molecule has 1 saturated carbocycles. The van der Waals surface area contributed by atoms with Crippen LogP contribution >= 0.6 is 0 Å². The lowest BCUT2D eigenvalue weighted by Gasteiger charge is -2.18. The predicted octanol–water partition coefficient (Wildman–Crippen LogP) is 6.35. The van der Waals surface area contributed by atoms with Crippen LogP contribution in [0.2, 0.25) is 0 Å². The van der Waals surface area contributed by atoms with Gasteiger partial charge in [-0.15, -0.1) is 0 Å². The molecule has 12 heteroatoms. The minimum atomic E-state index is -4.52. The van der Waals surface area contributed by atoms with Crippen LogP contribution in [0.1, 0.15) is 40.5 Å². The minimum Gasteiger partial charge on any atom is -0.437 e. The third kappa shape index (κ3) is 7.18. The molecule has 2 heterocycles. The maximum absolute atomic E-state index is 13.4. The monoisotopic (exact) mass is 595 g/mol. The Morgan fingerprint density at radius 3 is 2.35 bits per heavy atom. The van der Waals surface area contributed by atoms with Crippen molar-refractivity contribution in [2.75, 3.05) is 26.0 Å². The van der Waals surface area contributed by atoms with Crippen molar-refractivity contribution in [1.82, 2.24) is 15.6 Å². The van der Waals surface area contributed by atoms with Gasteiger partial charge >= 0.3 is 6.18 Å². The minimum absolute atomic E-state index is 0.0853. The highest BCUT2D eigenvalue weighted by atomic mass is 19.4. The molecule has 4 aromatic rings. The van der Waals surface area contributed by atoms with E-state index in [9.17, 15) is 27.2 Å². The van der Waals surface area contributed by atoms with Crippen molar-refractivity contribution in [2.24, 2.45) is 5.92 Å². The van der Waals surface area contributed by atoms with Gasteiger partial charge in [-0.25, -0.2) is 4.39 Å². The number of nitrogens with one attached hydrogen (secondary N) is 3. The Morgan fingerprint density at radius 1 is 1.12 bits per heavy atom. The van der Waals surface area contributed by atoms with Crippen LogP contribution in [0.5, 0.6) is 0 Å². The summed E-state index contributed by atoms with van der Waals surface area (Å²) in [5, 5.41) is 16.7. The Hall–Kier alpha value is -4.76. The van der Waals surface area contributed by atoms with Gasteiger partial charge in [0.15, 0.2) is 0 Å². The number of halogens is 4. The van der Waals surface area contributed by atoms with Crippen LogP contribution in [0.25, 0.3) is 33.6 Å². The van der Waals surface area contributed by atoms with E-state index in [1.54, 1.807) is 18.2 Å². The van der Waals surface area contributed by atoms with Crippen LogP contribution in [0.4, 0.5) is 23.4 Å². The van der Waals surface area contributed by atoms with Crippen LogP contribution in [0, 0.1) is 23.1 Å². The summed E-state index contributed by atoms with van der Waals surface area (Å²) in [5.74, 6) is -0.468. The number of anilines is 1. The molecular formula is C31H29F4N5O3. The van der Waals surface area contributed by atoms with Crippen LogP contribution in [-0.2, 0) is 0 Å². The molecule has 0 bridgehead atoms. The van der Waals surface area contributed by atoms with Crippen molar-refractivity contribution in [1.29, 1.82) is 5.26 Å². The van der Waals surface area contributed by atoms with E-state index in [0.717, 1.165) is 0 Å². The summed E-state index contributed by atoms with van der Waals surface area (Å²) in [6, 6.07) is 15.2. The lowest BCUT2D eigenvalue weighted by molar-refractivity contribution is -0.115. The van der Waals surface area contributed by atoms with Gasteiger partial charge in [-0.05, 0) is 74.7 Å². The van der Waals surface area contributed by atoms with Gasteiger partial charge in [-0.2, -0.15) is 23.4 Å². The average Bonchev–Trinajstić information content (AvgIpc) is 3.80. The number of carbonyl (C=O) groups is 2. The van der Waals surface area contributed by atoms with E-state index < -0.39 is 24.4 Å². The molecule has 1 unspecified atom stereocenters. The number of furan rings is 1. The molecule has 1 aliphatic carbocycles. The summed E-state index contributed by atoms with van der Waals surface area (Å²) < 4.78 is 58.0. The third-order valence-electron chi connectivity index (χ3n) is 7.18. The molecule has 0 spiro atoms. The normalized spacial score (nSPS) is 14.2. The first-order valence-electron chi connectivity index (χ1n) is 13.3. The van der Waals surface area contributed by atoms with Gasteiger partial charge in [0.2, 0.25) is 5.71 Å². The second-order valence-electron chi connectivity index (χ2n) is 10.2. The molecule has 224 valence electrons. The van der Waals surface area contributed by atoms with E-state index in [0.29, 0.717) is 28.9 Å². The SMILES string of the molecule is CNC(=O)c1c(-c2ccc(F)cc2)oc2nc(NCC(F)(F)F)c(-c3cccc(C=O)c3)cc12.CNC(C)(C#N)C1CC1. The number of benzene rings is 2. The Kier molecular flexibility index (Phi) is 9.16. The van der Waals surface area contributed by atoms with E-state index in [-0.39, 0.29) is 39.3 Å². The van der Waals surface area contributed by atoms with Crippen LogP contribution < -0.4 is 16.0 Å². The van der Waals surface area contributed by atoms with Gasteiger partial charge in [-0.3, -0.25) is 9.59 Å². The Morgan fingerprint density at radius 2 is 1.81 bits per heavy atom. The Balaban J connectivity index is 0.000000403. The number of carbonyl (C=O) groups excluding carboxylic acids is 2. The van der Waals surface area contributed by atoms with Gasteiger partial charge in [0.05, 0.1) is 17.0 Å². The molecule has 0 radical (unpaired) electrons. The number of alkyl halides is 3. The fourth-order valence-electron chi connectivity index (χ4n) is 4.51. The molecule has 1 aliphatic rings. The maximum atomic E-state index is 13.4. The highest BCUT2D eigenvalue weighted by molar-refractivity contribution is 6.11.